The van der Waals surface area contributed by atoms with Crippen molar-refractivity contribution in [2.75, 3.05) is 13.2 Å². The average Bonchev–Trinajstić information content (AvgIpc) is 2.60. The summed E-state index contributed by atoms with van der Waals surface area (Å²) >= 11 is 0. The van der Waals surface area contributed by atoms with Gasteiger partial charge in [0.05, 0.1) is 31.1 Å². The van der Waals surface area contributed by atoms with Crippen molar-refractivity contribution >= 4 is 11.9 Å². The number of carboxylic acids is 1. The summed E-state index contributed by atoms with van der Waals surface area (Å²) in [5.41, 5.74) is 5.21. The van der Waals surface area contributed by atoms with E-state index in [1.165, 1.54) is 0 Å². The van der Waals surface area contributed by atoms with Gasteiger partial charge >= 0.3 is 5.97 Å². The molecule has 2 aliphatic rings. The van der Waals surface area contributed by atoms with E-state index in [1.807, 2.05) is 0 Å². The lowest BCUT2D eigenvalue weighted by molar-refractivity contribution is -0.140. The first-order valence-electron chi connectivity index (χ1n) is 5.90. The van der Waals surface area contributed by atoms with Crippen molar-refractivity contribution in [3.8, 4) is 0 Å². The Kier molecular flexibility index (Phi) is 3.35. The van der Waals surface area contributed by atoms with E-state index >= 15 is 0 Å². The Hall–Kier alpha value is -1.14. The Bertz CT molecular complexity index is 327. The molecule has 2 unspecified atom stereocenters. The van der Waals surface area contributed by atoms with Gasteiger partial charge in [-0.15, -0.1) is 0 Å². The van der Waals surface area contributed by atoms with Gasteiger partial charge in [0, 0.05) is 6.04 Å². The highest BCUT2D eigenvalue weighted by Gasteiger charge is 2.43. The fourth-order valence-corrected chi connectivity index (χ4v) is 2.43. The fraction of sp³-hybridized carbons (Fsp3) is 0.818. The lowest BCUT2D eigenvalue weighted by Crippen LogP contribution is -2.57. The fourth-order valence-electron chi connectivity index (χ4n) is 2.43. The molecule has 2 rings (SSSR count). The molecule has 2 fully saturated rings. The maximum atomic E-state index is 12.0. The Morgan fingerprint density at radius 1 is 1.41 bits per heavy atom. The molecular weight excluding hydrogens is 224 g/mol. The van der Waals surface area contributed by atoms with Crippen molar-refractivity contribution < 1.29 is 19.4 Å². The number of carbonyl (C=O) groups excluding carboxylic acids is 1. The number of aliphatic carboxylic acids is 1. The van der Waals surface area contributed by atoms with E-state index in [9.17, 15) is 9.59 Å². The van der Waals surface area contributed by atoms with Crippen LogP contribution in [-0.2, 0) is 14.3 Å². The smallest absolute Gasteiger partial charge is 0.305 e. The maximum Gasteiger partial charge on any atom is 0.305 e. The van der Waals surface area contributed by atoms with Gasteiger partial charge in [0.2, 0.25) is 5.91 Å². The third kappa shape index (κ3) is 2.58. The SMILES string of the molecule is NC1COCC1C(=O)NC1(CC(=O)O)CCC1. The second kappa shape index (κ2) is 4.62. The van der Waals surface area contributed by atoms with E-state index in [1.54, 1.807) is 0 Å². The minimum Gasteiger partial charge on any atom is -0.481 e. The van der Waals surface area contributed by atoms with Gasteiger partial charge in [-0.3, -0.25) is 9.59 Å². The van der Waals surface area contributed by atoms with Gasteiger partial charge in [0.25, 0.3) is 0 Å². The normalized spacial score (nSPS) is 30.6. The Balaban J connectivity index is 1.94. The first-order valence-corrected chi connectivity index (χ1v) is 5.90. The molecule has 1 aliphatic carbocycles. The molecule has 4 N–H and O–H groups in total. The van der Waals surface area contributed by atoms with Crippen LogP contribution in [0.3, 0.4) is 0 Å². The van der Waals surface area contributed by atoms with Crippen molar-refractivity contribution in [1.29, 1.82) is 0 Å². The molecule has 6 nitrogen and oxygen atoms in total. The monoisotopic (exact) mass is 242 g/mol. The number of ether oxygens (including phenoxy) is 1. The summed E-state index contributed by atoms with van der Waals surface area (Å²) in [6.07, 6.45) is 2.41. The van der Waals surface area contributed by atoms with Crippen molar-refractivity contribution in [1.82, 2.24) is 5.32 Å². The van der Waals surface area contributed by atoms with Gasteiger partial charge in [0.15, 0.2) is 0 Å². The van der Waals surface area contributed by atoms with Gasteiger partial charge in [-0.2, -0.15) is 0 Å². The summed E-state index contributed by atoms with van der Waals surface area (Å²) in [4.78, 5) is 22.8. The first-order chi connectivity index (χ1) is 8.02. The lowest BCUT2D eigenvalue weighted by Gasteiger charge is -2.42. The van der Waals surface area contributed by atoms with E-state index in [-0.39, 0.29) is 24.3 Å². The number of hydrogen-bond donors (Lipinski definition) is 3. The molecule has 1 heterocycles. The van der Waals surface area contributed by atoms with Crippen molar-refractivity contribution in [2.45, 2.75) is 37.3 Å². The summed E-state index contributed by atoms with van der Waals surface area (Å²) in [5.74, 6) is -1.39. The quantitative estimate of drug-likeness (QED) is 0.615. The molecule has 6 heteroatoms. The predicted octanol–water partition coefficient (Wildman–Crippen LogP) is -0.526. The van der Waals surface area contributed by atoms with Crippen LogP contribution in [0.2, 0.25) is 0 Å². The maximum absolute atomic E-state index is 12.0. The van der Waals surface area contributed by atoms with Crippen LogP contribution in [0.1, 0.15) is 25.7 Å². The minimum atomic E-state index is -0.878. The molecule has 1 amide bonds. The van der Waals surface area contributed by atoms with Gasteiger partial charge < -0.3 is 20.9 Å². The Labute approximate surface area is 99.5 Å². The molecule has 2 atom stereocenters. The highest BCUT2D eigenvalue weighted by molar-refractivity contribution is 5.81. The summed E-state index contributed by atoms with van der Waals surface area (Å²) in [5, 5.41) is 11.7. The molecule has 0 radical (unpaired) electrons. The molecular formula is C11H18N2O4. The van der Waals surface area contributed by atoms with Gasteiger partial charge in [-0.25, -0.2) is 0 Å². The second-order valence-corrected chi connectivity index (χ2v) is 5.00. The lowest BCUT2D eigenvalue weighted by atomic mass is 9.74. The molecule has 1 saturated carbocycles. The molecule has 1 saturated heterocycles. The number of hydrogen-bond acceptors (Lipinski definition) is 4. The number of amides is 1. The van der Waals surface area contributed by atoms with Crippen molar-refractivity contribution in [3.05, 3.63) is 0 Å². The van der Waals surface area contributed by atoms with Gasteiger partial charge in [-0.05, 0) is 19.3 Å². The topological polar surface area (TPSA) is 102 Å². The van der Waals surface area contributed by atoms with Crippen LogP contribution in [-0.4, -0.2) is 41.8 Å². The zero-order valence-corrected chi connectivity index (χ0v) is 9.65. The molecule has 0 spiro atoms. The van der Waals surface area contributed by atoms with E-state index in [0.717, 1.165) is 19.3 Å². The van der Waals surface area contributed by atoms with E-state index in [4.69, 9.17) is 15.6 Å². The van der Waals surface area contributed by atoms with E-state index in [0.29, 0.717) is 13.2 Å². The van der Waals surface area contributed by atoms with Crippen molar-refractivity contribution in [2.24, 2.45) is 11.7 Å². The Morgan fingerprint density at radius 2 is 2.12 bits per heavy atom. The van der Waals surface area contributed by atoms with Crippen LogP contribution in [0.4, 0.5) is 0 Å². The minimum absolute atomic E-state index is 0.0123. The van der Waals surface area contributed by atoms with Crippen molar-refractivity contribution in [3.63, 3.8) is 0 Å². The third-order valence-corrected chi connectivity index (χ3v) is 3.65. The van der Waals surface area contributed by atoms with Crippen LogP contribution in [0.15, 0.2) is 0 Å². The summed E-state index contributed by atoms with van der Waals surface area (Å²) in [7, 11) is 0. The van der Waals surface area contributed by atoms with Crippen LogP contribution in [0.25, 0.3) is 0 Å². The number of carboxylic acid groups (broad SMARTS) is 1. The summed E-state index contributed by atoms with van der Waals surface area (Å²) in [6, 6.07) is -0.281. The van der Waals surface area contributed by atoms with Crippen LogP contribution in [0, 0.1) is 5.92 Å². The van der Waals surface area contributed by atoms with Gasteiger partial charge in [-0.1, -0.05) is 0 Å². The molecule has 0 aromatic carbocycles. The molecule has 96 valence electrons. The molecule has 1 aliphatic heterocycles. The van der Waals surface area contributed by atoms with Crippen LogP contribution >= 0.6 is 0 Å². The molecule has 0 bridgehead atoms. The van der Waals surface area contributed by atoms with Crippen LogP contribution in [0.5, 0.6) is 0 Å². The highest BCUT2D eigenvalue weighted by atomic mass is 16.5. The largest absolute Gasteiger partial charge is 0.481 e. The number of rotatable bonds is 4. The zero-order chi connectivity index (χ0) is 12.5. The molecule has 0 aromatic rings. The summed E-state index contributed by atoms with van der Waals surface area (Å²) in [6.45, 7) is 0.722. The predicted molar refractivity (Wildman–Crippen MR) is 59.3 cm³/mol. The first kappa shape index (κ1) is 12.3. The molecule has 17 heavy (non-hydrogen) atoms. The van der Waals surface area contributed by atoms with Crippen LogP contribution < -0.4 is 11.1 Å². The average molecular weight is 242 g/mol. The highest BCUT2D eigenvalue weighted by Crippen LogP contribution is 2.35. The number of nitrogens with two attached hydrogens (primary N) is 1. The van der Waals surface area contributed by atoms with Gasteiger partial charge in [0.1, 0.15) is 0 Å². The number of carbonyl (C=O) groups is 2. The van der Waals surface area contributed by atoms with E-state index < -0.39 is 11.5 Å². The standard InChI is InChI=1S/C11H18N2O4/c12-8-6-17-5-7(8)10(16)13-11(2-1-3-11)4-9(14)15/h7-8H,1-6,12H2,(H,13,16)(H,14,15). The zero-order valence-electron chi connectivity index (χ0n) is 9.65. The second-order valence-electron chi connectivity index (χ2n) is 5.00. The Morgan fingerprint density at radius 3 is 2.53 bits per heavy atom. The number of nitrogens with one attached hydrogen (secondary N) is 1. The third-order valence-electron chi connectivity index (χ3n) is 3.65. The molecule has 0 aromatic heterocycles. The summed E-state index contributed by atoms with van der Waals surface area (Å²) < 4.78 is 5.14. The van der Waals surface area contributed by atoms with E-state index in [2.05, 4.69) is 5.32 Å².